The first-order valence-corrected chi connectivity index (χ1v) is 10.7. The van der Waals surface area contributed by atoms with Gasteiger partial charge in [0.1, 0.15) is 0 Å². The van der Waals surface area contributed by atoms with E-state index in [4.69, 9.17) is 9.84 Å². The zero-order valence-electron chi connectivity index (χ0n) is 18.1. The van der Waals surface area contributed by atoms with Gasteiger partial charge in [0.15, 0.2) is 0 Å². The van der Waals surface area contributed by atoms with Crippen molar-refractivity contribution < 1.29 is 9.53 Å². The van der Waals surface area contributed by atoms with E-state index in [9.17, 15) is 10.1 Å². The maximum absolute atomic E-state index is 11.5. The Morgan fingerprint density at radius 1 is 1.17 bits per heavy atom. The van der Waals surface area contributed by atoms with Crippen molar-refractivity contribution in [2.75, 3.05) is 6.61 Å². The second-order valence-corrected chi connectivity index (χ2v) is 7.47. The molecule has 0 aliphatic carbocycles. The summed E-state index contributed by atoms with van der Waals surface area (Å²) in [4.78, 5) is 11.5. The molecule has 30 heavy (non-hydrogen) atoms. The summed E-state index contributed by atoms with van der Waals surface area (Å²) in [5.41, 5.74) is 7.34. The summed E-state index contributed by atoms with van der Waals surface area (Å²) in [6, 6.07) is 14.3. The molecule has 0 saturated carbocycles. The van der Waals surface area contributed by atoms with Gasteiger partial charge in [0.25, 0.3) is 0 Å². The molecule has 156 valence electrons. The molecular weight excluding hydrogens is 374 g/mol. The molecule has 0 atom stereocenters. The number of unbranched alkanes of at least 4 members (excludes halogenated alkanes) is 2. The van der Waals surface area contributed by atoms with Crippen molar-refractivity contribution >= 4 is 11.5 Å². The van der Waals surface area contributed by atoms with Crippen LogP contribution in [0.25, 0.3) is 16.6 Å². The molecule has 0 bridgehead atoms. The van der Waals surface area contributed by atoms with Crippen LogP contribution in [0, 0.1) is 18.3 Å². The summed E-state index contributed by atoms with van der Waals surface area (Å²) in [6.45, 7) is 6.46. The van der Waals surface area contributed by atoms with Crippen molar-refractivity contribution in [2.45, 2.75) is 59.3 Å². The molecular formula is C25H29N3O2. The number of nitriles is 1. The predicted octanol–water partition coefficient (Wildman–Crippen LogP) is 5.41. The third-order valence-corrected chi connectivity index (χ3v) is 5.43. The molecule has 3 rings (SSSR count). The molecule has 5 nitrogen and oxygen atoms in total. The highest BCUT2D eigenvalue weighted by Gasteiger charge is 2.17. The number of benzene rings is 1. The molecule has 2 aromatic heterocycles. The van der Waals surface area contributed by atoms with Gasteiger partial charge in [0, 0.05) is 17.7 Å². The predicted molar refractivity (Wildman–Crippen MR) is 118 cm³/mol. The third kappa shape index (κ3) is 4.71. The first-order valence-electron chi connectivity index (χ1n) is 10.7. The fraction of sp³-hybridized carbons (Fsp3) is 0.400. The monoisotopic (exact) mass is 403 g/mol. The molecule has 3 aromatic rings. The Balaban J connectivity index is 1.92. The molecule has 0 amide bonds. The molecule has 0 aliphatic rings. The van der Waals surface area contributed by atoms with Crippen LogP contribution in [0.1, 0.15) is 62.0 Å². The van der Waals surface area contributed by atoms with Crippen LogP contribution in [-0.4, -0.2) is 22.2 Å². The topological polar surface area (TPSA) is 67.4 Å². The smallest absolute Gasteiger partial charge is 0.305 e. The minimum Gasteiger partial charge on any atom is -0.466 e. The second-order valence-electron chi connectivity index (χ2n) is 7.47. The molecule has 0 N–H and O–H groups in total. The Hall–Kier alpha value is -3.13. The molecule has 1 aromatic carbocycles. The van der Waals surface area contributed by atoms with Gasteiger partial charge in [0.05, 0.1) is 29.5 Å². The van der Waals surface area contributed by atoms with E-state index >= 15 is 0 Å². The molecule has 0 spiro atoms. The number of carbonyl (C=O) groups is 1. The summed E-state index contributed by atoms with van der Waals surface area (Å²) in [5.74, 6) is -0.119. The lowest BCUT2D eigenvalue weighted by Gasteiger charge is -2.16. The quantitative estimate of drug-likeness (QED) is 0.354. The Labute approximate surface area is 178 Å². The zero-order valence-corrected chi connectivity index (χ0v) is 18.1. The highest BCUT2D eigenvalue weighted by atomic mass is 16.5. The normalized spacial score (nSPS) is 10.9. The zero-order chi connectivity index (χ0) is 21.5. The van der Waals surface area contributed by atoms with E-state index in [1.807, 2.05) is 29.6 Å². The van der Waals surface area contributed by atoms with Gasteiger partial charge >= 0.3 is 5.97 Å². The lowest BCUT2D eigenvalue weighted by molar-refractivity contribution is -0.143. The van der Waals surface area contributed by atoms with Gasteiger partial charge in [0.2, 0.25) is 0 Å². The van der Waals surface area contributed by atoms with Crippen LogP contribution in [0.4, 0.5) is 0 Å². The number of hydrogen-bond acceptors (Lipinski definition) is 4. The second kappa shape index (κ2) is 10.1. The van der Waals surface area contributed by atoms with Gasteiger partial charge in [-0.2, -0.15) is 10.4 Å². The van der Waals surface area contributed by atoms with E-state index < -0.39 is 0 Å². The number of aryl methyl sites for hydroxylation is 2. The van der Waals surface area contributed by atoms with E-state index in [1.165, 1.54) is 11.3 Å². The van der Waals surface area contributed by atoms with Crippen molar-refractivity contribution in [1.82, 2.24) is 9.61 Å². The Bertz CT molecular complexity index is 1080. The summed E-state index contributed by atoms with van der Waals surface area (Å²) >= 11 is 0. The van der Waals surface area contributed by atoms with Gasteiger partial charge < -0.3 is 4.74 Å². The number of esters is 1. The van der Waals surface area contributed by atoms with Crippen molar-refractivity contribution in [3.05, 3.63) is 58.9 Å². The Kier molecular flexibility index (Phi) is 7.24. The van der Waals surface area contributed by atoms with Crippen LogP contribution >= 0.6 is 0 Å². The highest BCUT2D eigenvalue weighted by Crippen LogP contribution is 2.33. The number of ether oxygens (including phenoxy) is 1. The van der Waals surface area contributed by atoms with Crippen molar-refractivity contribution in [3.8, 4) is 17.2 Å². The average Bonchev–Trinajstić information content (AvgIpc) is 3.16. The van der Waals surface area contributed by atoms with Crippen LogP contribution in [0.2, 0.25) is 0 Å². The number of carbonyl (C=O) groups excluding carboxylic acids is 1. The van der Waals surface area contributed by atoms with E-state index in [-0.39, 0.29) is 5.97 Å². The van der Waals surface area contributed by atoms with E-state index in [2.05, 4.69) is 38.1 Å². The molecule has 2 heterocycles. The van der Waals surface area contributed by atoms with Crippen LogP contribution < -0.4 is 0 Å². The first-order chi connectivity index (χ1) is 14.6. The molecule has 0 saturated heterocycles. The number of fused-ring (bicyclic) bond motifs is 1. The molecule has 0 fully saturated rings. The fourth-order valence-corrected chi connectivity index (χ4v) is 3.95. The van der Waals surface area contributed by atoms with Gasteiger partial charge in [-0.15, -0.1) is 0 Å². The Morgan fingerprint density at radius 3 is 2.73 bits per heavy atom. The standard InChI is InChI=1S/C25H29N3O2/c1-4-21-14-15-23-25(20-11-9-10-19(16-20)17-26)22(18(3)27-28(21)23)12-7-6-8-13-24(29)30-5-2/h9-11,14-16H,4-8,12-13H2,1-3H3. The number of nitrogens with zero attached hydrogens (tertiary/aromatic N) is 3. The Morgan fingerprint density at radius 2 is 2.00 bits per heavy atom. The van der Waals surface area contributed by atoms with Crippen molar-refractivity contribution in [2.24, 2.45) is 0 Å². The minimum atomic E-state index is -0.119. The van der Waals surface area contributed by atoms with Crippen LogP contribution in [-0.2, 0) is 22.4 Å². The van der Waals surface area contributed by atoms with E-state index in [1.54, 1.807) is 0 Å². The molecule has 0 aliphatic heterocycles. The minimum absolute atomic E-state index is 0.119. The lowest BCUT2D eigenvalue weighted by Crippen LogP contribution is -2.06. The molecule has 0 unspecified atom stereocenters. The lowest BCUT2D eigenvalue weighted by atomic mass is 9.94. The molecule has 0 radical (unpaired) electrons. The largest absolute Gasteiger partial charge is 0.466 e. The summed E-state index contributed by atoms with van der Waals surface area (Å²) < 4.78 is 7.04. The number of rotatable bonds is 9. The van der Waals surface area contributed by atoms with Gasteiger partial charge in [-0.3, -0.25) is 4.79 Å². The highest BCUT2D eigenvalue weighted by molar-refractivity contribution is 5.84. The van der Waals surface area contributed by atoms with E-state index in [0.717, 1.165) is 54.4 Å². The van der Waals surface area contributed by atoms with Gasteiger partial charge in [-0.1, -0.05) is 25.5 Å². The van der Waals surface area contributed by atoms with E-state index in [0.29, 0.717) is 18.6 Å². The summed E-state index contributed by atoms with van der Waals surface area (Å²) in [6.07, 6.45) is 5.03. The first kappa shape index (κ1) is 21.6. The number of hydrogen-bond donors (Lipinski definition) is 0. The third-order valence-electron chi connectivity index (χ3n) is 5.43. The maximum Gasteiger partial charge on any atom is 0.305 e. The SMILES string of the molecule is CCOC(=O)CCCCCc1c(C)nn2c(CC)ccc2c1-c1cccc(C#N)c1. The van der Waals surface area contributed by atoms with Crippen LogP contribution in [0.15, 0.2) is 36.4 Å². The van der Waals surface area contributed by atoms with Gasteiger partial charge in [-0.25, -0.2) is 4.52 Å². The number of aromatic nitrogens is 2. The fourth-order valence-electron chi connectivity index (χ4n) is 3.95. The summed E-state index contributed by atoms with van der Waals surface area (Å²) in [7, 11) is 0. The average molecular weight is 404 g/mol. The van der Waals surface area contributed by atoms with Crippen molar-refractivity contribution in [1.29, 1.82) is 5.26 Å². The van der Waals surface area contributed by atoms with Gasteiger partial charge in [-0.05, 0) is 74.9 Å². The van der Waals surface area contributed by atoms with Crippen LogP contribution in [0.3, 0.4) is 0 Å². The van der Waals surface area contributed by atoms with Crippen molar-refractivity contribution in [3.63, 3.8) is 0 Å². The van der Waals surface area contributed by atoms with Crippen LogP contribution in [0.5, 0.6) is 0 Å². The maximum atomic E-state index is 11.5. The molecule has 5 heteroatoms. The summed E-state index contributed by atoms with van der Waals surface area (Å²) in [5, 5.41) is 14.2.